The Morgan fingerprint density at radius 1 is 1.60 bits per heavy atom. The summed E-state index contributed by atoms with van der Waals surface area (Å²) in [4.78, 5) is 10.5. The van der Waals surface area contributed by atoms with Crippen LogP contribution in [0.1, 0.15) is 32.1 Å². The van der Waals surface area contributed by atoms with Crippen LogP contribution in [0.25, 0.3) is 0 Å². The van der Waals surface area contributed by atoms with E-state index < -0.39 is 12.1 Å². The molecule has 113 valence electrons. The van der Waals surface area contributed by atoms with Gasteiger partial charge in [-0.1, -0.05) is 19.8 Å². The summed E-state index contributed by atoms with van der Waals surface area (Å²) in [5.41, 5.74) is 1.08. The van der Waals surface area contributed by atoms with Crippen molar-refractivity contribution in [2.45, 2.75) is 50.4 Å². The number of carbonyl (C=O) groups is 1. The fraction of sp³-hybridized carbons (Fsp3) is 0.750. The largest absolute Gasteiger partial charge is 0.481 e. The van der Waals surface area contributed by atoms with Crippen LogP contribution in [0, 0.1) is 0 Å². The average Bonchev–Trinajstić information content (AvgIpc) is 2.32. The van der Waals surface area contributed by atoms with Gasteiger partial charge in [0.05, 0.1) is 24.7 Å². The molecule has 4 atom stereocenters. The number of rotatable bonds is 9. The molecule has 0 aliphatic carbocycles. The maximum Gasteiger partial charge on any atom is 0.332 e. The number of aliphatic hydroxyl groups is 1. The quantitative estimate of drug-likeness (QED) is 0.199. The second-order valence-corrected chi connectivity index (χ2v) is 6.20. The van der Waals surface area contributed by atoms with Gasteiger partial charge in [0.2, 0.25) is 0 Å². The SMILES string of the molecule is C=C1C[C@H](C[C@@H](O)CC(=O)O)O[C@@H](CCO[B]PS)C1. The predicted octanol–water partition coefficient (Wildman–Crippen LogP) is 1.78. The van der Waals surface area contributed by atoms with E-state index in [0.29, 0.717) is 27.1 Å². The fourth-order valence-electron chi connectivity index (χ4n) is 2.29. The maximum atomic E-state index is 10.5. The van der Waals surface area contributed by atoms with E-state index in [1.165, 1.54) is 0 Å². The van der Waals surface area contributed by atoms with Crippen molar-refractivity contribution >= 4 is 33.1 Å². The molecule has 1 saturated heterocycles. The summed E-state index contributed by atoms with van der Waals surface area (Å²) in [5.74, 6) is -1.000. The van der Waals surface area contributed by atoms with Crippen molar-refractivity contribution in [1.29, 1.82) is 0 Å². The van der Waals surface area contributed by atoms with Crippen LogP contribution in [0.2, 0.25) is 0 Å². The topological polar surface area (TPSA) is 76.0 Å². The highest BCUT2D eigenvalue weighted by Crippen LogP contribution is 2.28. The first-order valence-electron chi connectivity index (χ1n) is 6.56. The molecule has 8 heteroatoms. The summed E-state index contributed by atoms with van der Waals surface area (Å²) >= 11 is 4.04. The van der Waals surface area contributed by atoms with Gasteiger partial charge in [-0.05, 0) is 19.3 Å². The van der Waals surface area contributed by atoms with Crippen LogP contribution in [0.4, 0.5) is 0 Å². The molecular weight excluding hydrogens is 298 g/mol. The highest BCUT2D eigenvalue weighted by atomic mass is 32.7. The van der Waals surface area contributed by atoms with Crippen molar-refractivity contribution in [1.82, 2.24) is 0 Å². The molecule has 1 aliphatic rings. The minimum Gasteiger partial charge on any atom is -0.481 e. The van der Waals surface area contributed by atoms with Gasteiger partial charge < -0.3 is 19.6 Å². The molecule has 1 fully saturated rings. The van der Waals surface area contributed by atoms with Crippen LogP contribution in [0.15, 0.2) is 12.2 Å². The van der Waals surface area contributed by atoms with Crippen molar-refractivity contribution in [2.24, 2.45) is 0 Å². The Balaban J connectivity index is 2.33. The van der Waals surface area contributed by atoms with E-state index in [0.717, 1.165) is 18.4 Å². The summed E-state index contributed by atoms with van der Waals surface area (Å²) in [6.45, 7) is 4.56. The third-order valence-electron chi connectivity index (χ3n) is 3.06. The Hall–Kier alpha value is -0.0651. The first kappa shape index (κ1) is 18.0. The van der Waals surface area contributed by atoms with Crippen LogP contribution in [0.3, 0.4) is 0 Å². The molecule has 0 aromatic rings. The number of thiol groups is 1. The van der Waals surface area contributed by atoms with Gasteiger partial charge in [0.25, 0.3) is 0 Å². The minimum atomic E-state index is -1.000. The molecule has 20 heavy (non-hydrogen) atoms. The highest BCUT2D eigenvalue weighted by Gasteiger charge is 2.26. The van der Waals surface area contributed by atoms with Crippen molar-refractivity contribution in [3.05, 3.63) is 12.2 Å². The third-order valence-corrected chi connectivity index (χ3v) is 3.64. The lowest BCUT2D eigenvalue weighted by atomic mass is 9.94. The highest BCUT2D eigenvalue weighted by molar-refractivity contribution is 8.46. The average molecular weight is 319 g/mol. The van der Waals surface area contributed by atoms with Crippen LogP contribution < -0.4 is 0 Å². The molecule has 0 saturated carbocycles. The number of carboxylic acids is 1. The van der Waals surface area contributed by atoms with Crippen LogP contribution >= 0.6 is 19.9 Å². The molecule has 5 nitrogen and oxygen atoms in total. The van der Waals surface area contributed by atoms with E-state index in [2.05, 4.69) is 18.8 Å². The molecule has 0 spiro atoms. The summed E-state index contributed by atoms with van der Waals surface area (Å²) in [5, 5.41) is 18.3. The van der Waals surface area contributed by atoms with Crippen molar-refractivity contribution in [2.75, 3.05) is 6.61 Å². The lowest BCUT2D eigenvalue weighted by Crippen LogP contribution is -2.33. The summed E-state index contributed by atoms with van der Waals surface area (Å²) in [7, 11) is 2.02. The van der Waals surface area contributed by atoms with Gasteiger partial charge in [-0.3, -0.25) is 4.79 Å². The molecule has 2 N–H and O–H groups in total. The Bertz CT molecular complexity index is 331. The Morgan fingerprint density at radius 2 is 2.30 bits per heavy atom. The van der Waals surface area contributed by atoms with Crippen molar-refractivity contribution in [3.8, 4) is 0 Å². The second kappa shape index (κ2) is 9.80. The van der Waals surface area contributed by atoms with Gasteiger partial charge in [0, 0.05) is 13.0 Å². The van der Waals surface area contributed by atoms with Gasteiger partial charge >= 0.3 is 13.2 Å². The molecular formula is C12H21BO5PS. The van der Waals surface area contributed by atoms with Gasteiger partial charge in [-0.25, -0.2) is 0 Å². The predicted molar refractivity (Wildman–Crippen MR) is 83.5 cm³/mol. The normalized spacial score (nSPS) is 25.0. The fourth-order valence-corrected chi connectivity index (χ4v) is 2.70. The van der Waals surface area contributed by atoms with Gasteiger partial charge in [-0.15, -0.1) is 0 Å². The number of ether oxygens (including phenoxy) is 1. The third kappa shape index (κ3) is 7.65. The van der Waals surface area contributed by atoms with E-state index in [1.54, 1.807) is 7.20 Å². The zero-order valence-electron chi connectivity index (χ0n) is 11.3. The standard InChI is InChI=1S/C12H21BO5PS/c1-8-4-10(2-3-17-13-19-20)18-11(5-8)6-9(14)7-12(15)16/h9-11,14,19-20H,1-7H2,(H,15,16)/t9-,10+,11-/m1/s1. The summed E-state index contributed by atoms with van der Waals surface area (Å²) in [6.07, 6.45) is 1.28. The monoisotopic (exact) mass is 319 g/mol. The van der Waals surface area contributed by atoms with E-state index in [9.17, 15) is 9.90 Å². The molecule has 0 amide bonds. The van der Waals surface area contributed by atoms with Gasteiger partial charge in [-0.2, -0.15) is 12.2 Å². The van der Waals surface area contributed by atoms with E-state index in [-0.39, 0.29) is 18.6 Å². The smallest absolute Gasteiger partial charge is 0.332 e. The van der Waals surface area contributed by atoms with Gasteiger partial charge in [0.1, 0.15) is 0 Å². The van der Waals surface area contributed by atoms with Crippen molar-refractivity contribution < 1.29 is 24.4 Å². The van der Waals surface area contributed by atoms with E-state index in [1.807, 2.05) is 0 Å². The Kier molecular flexibility index (Phi) is 8.81. The van der Waals surface area contributed by atoms with Gasteiger partial charge in [0.15, 0.2) is 0 Å². The van der Waals surface area contributed by atoms with Crippen LogP contribution in [0.5, 0.6) is 0 Å². The molecule has 1 heterocycles. The van der Waals surface area contributed by atoms with Crippen LogP contribution in [-0.2, 0) is 14.2 Å². The lowest BCUT2D eigenvalue weighted by molar-refractivity contribution is -0.140. The zero-order valence-corrected chi connectivity index (χ0v) is 13.2. The van der Waals surface area contributed by atoms with Crippen LogP contribution in [-0.4, -0.2) is 48.3 Å². The number of aliphatic hydroxyl groups excluding tert-OH is 1. The minimum absolute atomic E-state index is 0.0231. The number of hydrogen-bond acceptors (Lipinski definition) is 5. The molecule has 0 aromatic heterocycles. The Morgan fingerprint density at radius 3 is 2.95 bits per heavy atom. The molecule has 1 rings (SSSR count). The van der Waals surface area contributed by atoms with E-state index in [4.69, 9.17) is 14.5 Å². The number of carboxylic acid groups (broad SMARTS) is 1. The van der Waals surface area contributed by atoms with Crippen molar-refractivity contribution in [3.63, 3.8) is 0 Å². The number of hydrogen-bond donors (Lipinski definition) is 3. The molecule has 0 aromatic carbocycles. The molecule has 1 aliphatic heterocycles. The first-order valence-corrected chi connectivity index (χ1v) is 8.92. The number of aliphatic carboxylic acids is 1. The molecule has 0 bridgehead atoms. The Labute approximate surface area is 127 Å². The molecule has 1 unspecified atom stereocenters. The summed E-state index contributed by atoms with van der Waals surface area (Å²) < 4.78 is 11.1. The maximum absolute atomic E-state index is 10.5. The zero-order chi connectivity index (χ0) is 15.0. The van der Waals surface area contributed by atoms with E-state index >= 15 is 0 Å². The molecule has 1 radical (unpaired) electrons. The summed E-state index contributed by atoms with van der Waals surface area (Å²) in [6, 6.07) is 0. The second-order valence-electron chi connectivity index (χ2n) is 4.93. The first-order chi connectivity index (χ1) is 9.51. The lowest BCUT2D eigenvalue weighted by Gasteiger charge is -2.32.